The molecule has 0 amide bonds. The molecule has 0 saturated carbocycles. The van der Waals surface area contributed by atoms with Gasteiger partial charge in [0.25, 0.3) is 0 Å². The summed E-state index contributed by atoms with van der Waals surface area (Å²) in [5, 5.41) is 19.1. The molecule has 3 heterocycles. The topological polar surface area (TPSA) is 93.4 Å². The number of nitriles is 1. The van der Waals surface area contributed by atoms with E-state index in [4.69, 9.17) is 0 Å². The fraction of sp³-hybridized carbons (Fsp3) is 0.583. The minimum absolute atomic E-state index is 0.0974. The Bertz CT molecular complexity index is 980. The van der Waals surface area contributed by atoms with Gasteiger partial charge in [-0.1, -0.05) is 6.92 Å². The van der Waals surface area contributed by atoms with Crippen molar-refractivity contribution in [3.63, 3.8) is 0 Å². The number of likely N-dealkylation sites (tertiary alicyclic amines) is 1. The van der Waals surface area contributed by atoms with Crippen LogP contribution in [0.4, 0.5) is 5.69 Å². The summed E-state index contributed by atoms with van der Waals surface area (Å²) < 4.78 is 0. The average molecular weight is 422 g/mol. The number of Topliss-reactive ketones (excluding diaryl/α,β-unsaturated/α-hetero) is 1. The molecule has 1 aromatic carbocycles. The molecule has 2 fully saturated rings. The quantitative estimate of drug-likeness (QED) is 0.793. The number of rotatable bonds is 5. The van der Waals surface area contributed by atoms with Crippen LogP contribution < -0.4 is 4.90 Å². The highest BCUT2D eigenvalue weighted by Gasteiger charge is 2.31. The Kier molecular flexibility index (Phi) is 6.49. The second-order valence-corrected chi connectivity index (χ2v) is 9.22. The first-order chi connectivity index (χ1) is 15.0. The molecule has 0 bridgehead atoms. The van der Waals surface area contributed by atoms with Gasteiger partial charge in [-0.15, -0.1) is 0 Å². The first-order valence-corrected chi connectivity index (χ1v) is 11.3. The number of aromatic nitrogens is 2. The van der Waals surface area contributed by atoms with Crippen LogP contribution in [0.5, 0.6) is 0 Å². The fourth-order valence-electron chi connectivity index (χ4n) is 5.15. The van der Waals surface area contributed by atoms with Gasteiger partial charge in [-0.05, 0) is 50.2 Å². The Morgan fingerprint density at radius 1 is 1.23 bits per heavy atom. The molecule has 0 aliphatic carbocycles. The number of carbonyl (C=O) groups is 1. The molecule has 1 aromatic heterocycles. The van der Waals surface area contributed by atoms with Crippen molar-refractivity contribution >= 4 is 22.5 Å². The number of nitrogens with zero attached hydrogens (tertiary/aromatic N) is 5. The average Bonchev–Trinajstić information content (AvgIpc) is 2.78. The van der Waals surface area contributed by atoms with Crippen LogP contribution in [-0.4, -0.2) is 64.1 Å². The van der Waals surface area contributed by atoms with Crippen molar-refractivity contribution in [2.45, 2.75) is 51.7 Å². The number of hydrogen-bond donors (Lipinski definition) is 1. The van der Waals surface area contributed by atoms with Crippen LogP contribution in [0.25, 0.3) is 11.0 Å². The van der Waals surface area contributed by atoms with E-state index in [9.17, 15) is 15.2 Å². The maximum Gasteiger partial charge on any atom is 0.150 e. The molecule has 0 unspecified atom stereocenters. The molecule has 2 aliphatic heterocycles. The molecule has 31 heavy (non-hydrogen) atoms. The van der Waals surface area contributed by atoms with E-state index in [1.807, 2.05) is 19.1 Å². The molecule has 4 rings (SSSR count). The van der Waals surface area contributed by atoms with Crippen molar-refractivity contribution in [2.75, 3.05) is 31.1 Å². The Hall–Kier alpha value is -2.56. The lowest BCUT2D eigenvalue weighted by atomic mass is 9.85. The van der Waals surface area contributed by atoms with E-state index >= 15 is 0 Å². The molecule has 164 valence electrons. The summed E-state index contributed by atoms with van der Waals surface area (Å²) in [6.45, 7) is 7.53. The Balaban J connectivity index is 1.48. The molecule has 0 spiro atoms. The molecule has 0 radical (unpaired) electrons. The normalized spacial score (nSPS) is 24.1. The van der Waals surface area contributed by atoms with E-state index in [1.54, 1.807) is 12.4 Å². The molecule has 2 saturated heterocycles. The number of carbonyl (C=O) groups excluding carboxylic acids is 1. The standard InChI is InChI=1S/C24H31N5O2/c1-16-11-18(12-22(31)17(2)28-9-5-20(30)6-10-28)15-29(14-16)21-4-3-19(13-25)23-24(21)27-8-7-26-23/h3-4,7-8,16-18,20,30H,5-6,9-12,14-15H2,1-2H3/t16-,17+,18-/m0/s1. The van der Waals surface area contributed by atoms with Gasteiger partial charge in [0.2, 0.25) is 0 Å². The van der Waals surface area contributed by atoms with Gasteiger partial charge in [-0.25, -0.2) is 0 Å². The predicted molar refractivity (Wildman–Crippen MR) is 120 cm³/mol. The summed E-state index contributed by atoms with van der Waals surface area (Å²) in [4.78, 5) is 26.5. The van der Waals surface area contributed by atoms with Crippen molar-refractivity contribution in [1.29, 1.82) is 5.26 Å². The van der Waals surface area contributed by atoms with Crippen LogP contribution in [0.3, 0.4) is 0 Å². The summed E-state index contributed by atoms with van der Waals surface area (Å²) in [5.74, 6) is 1.05. The predicted octanol–water partition coefficient (Wildman–Crippen LogP) is 2.77. The van der Waals surface area contributed by atoms with Crippen molar-refractivity contribution in [1.82, 2.24) is 14.9 Å². The van der Waals surface area contributed by atoms with Crippen LogP contribution >= 0.6 is 0 Å². The number of anilines is 1. The zero-order valence-electron chi connectivity index (χ0n) is 18.4. The van der Waals surface area contributed by atoms with Gasteiger partial charge < -0.3 is 10.0 Å². The number of benzene rings is 1. The SMILES string of the molecule is C[C@H]1C[C@@H](CC(=O)[C@@H](C)N2CCC(O)CC2)CN(c2ccc(C#N)c3nccnc23)C1. The summed E-state index contributed by atoms with van der Waals surface area (Å²) in [5.41, 5.74) is 2.91. The number of piperidine rings is 2. The molecular formula is C24H31N5O2. The van der Waals surface area contributed by atoms with Crippen molar-refractivity contribution in [3.8, 4) is 6.07 Å². The first kappa shape index (κ1) is 21.7. The molecular weight excluding hydrogens is 390 g/mol. The van der Waals surface area contributed by atoms with Crippen LogP contribution in [0.15, 0.2) is 24.5 Å². The Morgan fingerprint density at radius 2 is 1.94 bits per heavy atom. The highest BCUT2D eigenvalue weighted by atomic mass is 16.3. The monoisotopic (exact) mass is 421 g/mol. The van der Waals surface area contributed by atoms with E-state index in [-0.39, 0.29) is 18.1 Å². The number of aliphatic hydroxyl groups excluding tert-OH is 1. The van der Waals surface area contributed by atoms with Crippen molar-refractivity contribution < 1.29 is 9.90 Å². The highest BCUT2D eigenvalue weighted by Crippen LogP contribution is 2.33. The van der Waals surface area contributed by atoms with Gasteiger partial charge in [0, 0.05) is 45.0 Å². The van der Waals surface area contributed by atoms with Crippen LogP contribution in [-0.2, 0) is 4.79 Å². The molecule has 7 heteroatoms. The number of fused-ring (bicyclic) bond motifs is 1. The minimum atomic E-state index is -0.225. The van der Waals surface area contributed by atoms with Gasteiger partial charge >= 0.3 is 0 Å². The fourth-order valence-corrected chi connectivity index (χ4v) is 5.15. The second kappa shape index (κ2) is 9.29. The van der Waals surface area contributed by atoms with Gasteiger partial charge in [0.15, 0.2) is 0 Å². The van der Waals surface area contributed by atoms with Crippen molar-refractivity contribution in [2.24, 2.45) is 11.8 Å². The lowest BCUT2D eigenvalue weighted by Gasteiger charge is -2.39. The lowest BCUT2D eigenvalue weighted by molar-refractivity contribution is -0.125. The van der Waals surface area contributed by atoms with Crippen molar-refractivity contribution in [3.05, 3.63) is 30.1 Å². The summed E-state index contributed by atoms with van der Waals surface area (Å²) in [6, 6.07) is 5.89. The van der Waals surface area contributed by atoms with E-state index < -0.39 is 0 Å². The van der Waals surface area contributed by atoms with E-state index in [2.05, 4.69) is 32.8 Å². The largest absolute Gasteiger partial charge is 0.393 e. The third-order valence-corrected chi connectivity index (χ3v) is 6.81. The molecule has 2 aromatic rings. The summed E-state index contributed by atoms with van der Waals surface area (Å²) >= 11 is 0. The summed E-state index contributed by atoms with van der Waals surface area (Å²) in [6.07, 6.45) is 6.16. The van der Waals surface area contributed by atoms with Gasteiger partial charge in [0.1, 0.15) is 22.9 Å². The Labute approximate surface area is 183 Å². The van der Waals surface area contributed by atoms with Gasteiger partial charge in [-0.3, -0.25) is 19.7 Å². The third-order valence-electron chi connectivity index (χ3n) is 6.81. The maximum absolute atomic E-state index is 13.1. The highest BCUT2D eigenvalue weighted by molar-refractivity contribution is 5.92. The molecule has 7 nitrogen and oxygen atoms in total. The summed E-state index contributed by atoms with van der Waals surface area (Å²) in [7, 11) is 0. The number of aliphatic hydroxyl groups is 1. The Morgan fingerprint density at radius 3 is 2.65 bits per heavy atom. The minimum Gasteiger partial charge on any atom is -0.393 e. The zero-order chi connectivity index (χ0) is 22.0. The second-order valence-electron chi connectivity index (χ2n) is 9.22. The maximum atomic E-state index is 13.1. The zero-order valence-corrected chi connectivity index (χ0v) is 18.4. The van der Waals surface area contributed by atoms with Crippen LogP contribution in [0.1, 0.15) is 45.1 Å². The molecule has 2 aliphatic rings. The van der Waals surface area contributed by atoms with Crippen LogP contribution in [0.2, 0.25) is 0 Å². The molecule has 1 N–H and O–H groups in total. The number of hydrogen-bond acceptors (Lipinski definition) is 7. The first-order valence-electron chi connectivity index (χ1n) is 11.3. The van der Waals surface area contributed by atoms with E-state index in [1.165, 1.54) is 0 Å². The van der Waals surface area contributed by atoms with Crippen LogP contribution in [0, 0.1) is 23.2 Å². The van der Waals surface area contributed by atoms with E-state index in [0.717, 1.165) is 56.6 Å². The lowest BCUT2D eigenvalue weighted by Crippen LogP contribution is -2.47. The van der Waals surface area contributed by atoms with E-state index in [0.29, 0.717) is 29.2 Å². The smallest absolute Gasteiger partial charge is 0.150 e. The van der Waals surface area contributed by atoms with Gasteiger partial charge in [-0.2, -0.15) is 5.26 Å². The number of ketones is 1. The third kappa shape index (κ3) is 4.70. The molecule has 3 atom stereocenters. The van der Waals surface area contributed by atoms with Gasteiger partial charge in [0.05, 0.1) is 23.4 Å².